The Morgan fingerprint density at radius 1 is 0.455 bits per heavy atom. The second-order valence-corrected chi connectivity index (χ2v) is 78.2. The van der Waals surface area contributed by atoms with Crippen LogP contribution in [-0.2, 0) is 61.5 Å². The van der Waals surface area contributed by atoms with Crippen LogP contribution in [0.4, 0.5) is 0 Å². The van der Waals surface area contributed by atoms with Gasteiger partial charge in [-0.25, -0.2) is 14.4 Å². The standard InChI is InChI=1S/2C15H36O4Si4.C14H34O4Si4.C14H28O2Si4/c2*1-14(2)15(16)17-10-9-11-20-18-23(7,8)13-12-21(3)19-22(4,5)6;1-13(2)14(15)16-9-8-10-19-17-22(6,7)12-11-21(5)18-20(3)4;1-6-13-7-9-14(10-8-13)18-16-20(4,5)12-11-17-15-19(2)3/h2*21H,1,9-13,20H2,2-8H3;20-21H,1,8-12,19H2,2-7H3;6-10,19H,1,11-12,17-18H2,2-5H3. The number of rotatable bonds is 45. The molecule has 0 aliphatic heterocycles. The van der Waals surface area contributed by atoms with Crippen molar-refractivity contribution in [1.82, 2.24) is 0 Å². The molecule has 0 radical (unpaired) electrons. The Kier molecular flexibility index (Phi) is 52.4. The van der Waals surface area contributed by atoms with Gasteiger partial charge in [0.05, 0.1) is 19.8 Å². The van der Waals surface area contributed by atoms with Crippen molar-refractivity contribution in [3.05, 3.63) is 72.9 Å². The van der Waals surface area contributed by atoms with Crippen LogP contribution in [0.5, 0.6) is 0 Å². The summed E-state index contributed by atoms with van der Waals surface area (Å²) in [6.07, 6.45) is 4.59. The number of benzene rings is 1. The third kappa shape index (κ3) is 61.9. The van der Waals surface area contributed by atoms with Gasteiger partial charge in [-0.2, -0.15) is 0 Å². The number of hydrogen-bond donors (Lipinski definition) is 0. The first-order chi connectivity index (χ1) is 40.4. The number of carbonyl (C=O) groups excluding carboxylic acids is 3. The van der Waals surface area contributed by atoms with Crippen molar-refractivity contribution in [2.75, 3.05) is 19.8 Å². The number of esters is 3. The fourth-order valence-corrected chi connectivity index (χ4v) is 57.3. The van der Waals surface area contributed by atoms with Crippen molar-refractivity contribution in [3.8, 4) is 0 Å². The van der Waals surface area contributed by atoms with Crippen LogP contribution in [0.25, 0.3) is 6.08 Å². The summed E-state index contributed by atoms with van der Waals surface area (Å²) in [5, 5.41) is 1.39. The molecule has 0 heterocycles. The molecular formula is C58H134O14Si16. The highest BCUT2D eigenvalue weighted by Crippen LogP contribution is 2.21. The minimum Gasteiger partial charge on any atom is -0.463 e. The van der Waals surface area contributed by atoms with E-state index in [4.69, 9.17) is 47.1 Å². The molecule has 0 saturated carbocycles. The number of hydrogen-bond acceptors (Lipinski definition) is 14. The van der Waals surface area contributed by atoms with Gasteiger partial charge in [0.2, 0.25) is 0 Å². The first-order valence-electron chi connectivity index (χ1n) is 32.8. The highest BCUT2D eigenvalue weighted by atomic mass is 28.4. The maximum Gasteiger partial charge on any atom is 0.333 e. The molecule has 0 N–H and O–H groups in total. The van der Waals surface area contributed by atoms with Crippen LogP contribution in [0, 0.1) is 0 Å². The van der Waals surface area contributed by atoms with Gasteiger partial charge in [-0.05, 0) is 255 Å². The Bertz CT molecular complexity index is 2020. The Hall–Kier alpha value is -0.260. The highest BCUT2D eigenvalue weighted by molar-refractivity contribution is 6.81. The predicted octanol–water partition coefficient (Wildman–Crippen LogP) is 11.2. The Labute approximate surface area is 566 Å². The van der Waals surface area contributed by atoms with E-state index in [1.165, 1.54) is 59.1 Å². The van der Waals surface area contributed by atoms with Crippen molar-refractivity contribution in [2.24, 2.45) is 0 Å². The van der Waals surface area contributed by atoms with Crippen molar-refractivity contribution >= 4 is 173 Å². The van der Waals surface area contributed by atoms with Gasteiger partial charge < -0.3 is 47.1 Å². The summed E-state index contributed by atoms with van der Waals surface area (Å²) in [6, 6.07) is 21.7. The molecule has 0 aliphatic rings. The Balaban J connectivity index is -0.00000110. The third-order valence-electron chi connectivity index (χ3n) is 13.1. The van der Waals surface area contributed by atoms with Gasteiger partial charge in [0.25, 0.3) is 0 Å². The molecule has 1 aromatic rings. The zero-order valence-corrected chi connectivity index (χ0v) is 79.7. The molecule has 0 aliphatic carbocycles. The van der Waals surface area contributed by atoms with E-state index in [1.54, 1.807) is 20.8 Å². The largest absolute Gasteiger partial charge is 0.463 e. The summed E-state index contributed by atoms with van der Waals surface area (Å²) in [4.78, 5) is 33.7. The lowest BCUT2D eigenvalue weighted by Gasteiger charge is -2.27. The normalized spacial score (nSPS) is 13.8. The SMILES string of the molecule is C=C(C)C(=O)OCCC[SiH2]O[Si](C)(C)CC[SiH](C)O[SiH](C)C.C=C(C)C(=O)OCCC[SiH2]O[Si](C)(C)CC[SiH](C)O[Si](C)(C)C.C=C(C)C(=O)OCCC[SiH2]O[Si](C)(C)CC[SiH](C)O[Si](C)(C)C.C=Cc1ccc([SiH2]O[Si](C)(C)CC[SiH2]O[SiH](C)C)cc1. The molecule has 88 heavy (non-hydrogen) atoms. The molecule has 3 unspecified atom stereocenters. The summed E-state index contributed by atoms with van der Waals surface area (Å²) < 4.78 is 64.7. The second-order valence-electron chi connectivity index (χ2n) is 28.4. The molecule has 14 nitrogen and oxygen atoms in total. The Morgan fingerprint density at radius 2 is 0.784 bits per heavy atom. The number of ether oxygens (including phenoxy) is 3. The molecule has 30 heteroatoms. The van der Waals surface area contributed by atoms with Gasteiger partial charge in [-0.15, -0.1) is 0 Å². The zero-order chi connectivity index (χ0) is 68.4. The average Bonchev–Trinajstić information content (AvgIpc) is 3.55. The predicted molar refractivity (Wildman–Crippen MR) is 425 cm³/mol. The van der Waals surface area contributed by atoms with Crippen LogP contribution >= 0.6 is 0 Å². The summed E-state index contributed by atoms with van der Waals surface area (Å²) in [7, 11) is -15.9. The monoisotopic (exact) mass is 1500 g/mol. The van der Waals surface area contributed by atoms with Gasteiger partial charge in [0.1, 0.15) is 39.1 Å². The second kappa shape index (κ2) is 50.2. The van der Waals surface area contributed by atoms with E-state index in [2.05, 4.69) is 188 Å². The third-order valence-corrected chi connectivity index (χ3v) is 60.8. The van der Waals surface area contributed by atoms with E-state index in [0.29, 0.717) is 36.5 Å². The van der Waals surface area contributed by atoms with E-state index in [9.17, 15) is 14.4 Å². The molecule has 514 valence electrons. The first-order valence-corrected chi connectivity index (χ1v) is 72.6. The molecule has 0 aromatic heterocycles. The average molecular weight is 1510 g/mol. The molecule has 0 bridgehead atoms. The minimum atomic E-state index is -1.53. The lowest BCUT2D eigenvalue weighted by atomic mass is 10.2. The fourth-order valence-electron chi connectivity index (χ4n) is 8.17. The topological polar surface area (TPSA) is 153 Å². The summed E-state index contributed by atoms with van der Waals surface area (Å²) in [5.41, 5.74) is 2.57. The smallest absolute Gasteiger partial charge is 0.333 e. The van der Waals surface area contributed by atoms with Gasteiger partial charge >= 0.3 is 17.9 Å². The molecule has 0 fully saturated rings. The highest BCUT2D eigenvalue weighted by Gasteiger charge is 2.28. The molecule has 0 saturated heterocycles. The van der Waals surface area contributed by atoms with Gasteiger partial charge in [-0.3, -0.25) is 0 Å². The molecule has 0 spiro atoms. The van der Waals surface area contributed by atoms with Crippen LogP contribution in [0.1, 0.15) is 45.6 Å². The quantitative estimate of drug-likeness (QED) is 0.0200. The van der Waals surface area contributed by atoms with Crippen LogP contribution in [0.2, 0.25) is 204 Å². The number of carbonyl (C=O) groups is 3. The summed E-state index contributed by atoms with van der Waals surface area (Å²) >= 11 is 0. The molecule has 1 aromatic carbocycles. The van der Waals surface area contributed by atoms with Crippen molar-refractivity contribution in [3.63, 3.8) is 0 Å². The van der Waals surface area contributed by atoms with Crippen molar-refractivity contribution in [1.29, 1.82) is 0 Å². The lowest BCUT2D eigenvalue weighted by Crippen LogP contribution is -2.37. The van der Waals surface area contributed by atoms with E-state index in [1.807, 2.05) is 6.08 Å². The maximum atomic E-state index is 11.2. The van der Waals surface area contributed by atoms with Gasteiger partial charge in [0.15, 0.2) is 105 Å². The van der Waals surface area contributed by atoms with Crippen LogP contribution in [-0.4, -0.2) is 182 Å². The van der Waals surface area contributed by atoms with Crippen molar-refractivity contribution in [2.45, 2.75) is 244 Å². The van der Waals surface area contributed by atoms with Gasteiger partial charge in [0, 0.05) is 16.7 Å². The van der Waals surface area contributed by atoms with Crippen LogP contribution in [0.3, 0.4) is 0 Å². The van der Waals surface area contributed by atoms with Crippen LogP contribution in [0.15, 0.2) is 67.3 Å². The van der Waals surface area contributed by atoms with E-state index >= 15 is 0 Å². The summed E-state index contributed by atoms with van der Waals surface area (Å²) in [5.74, 6) is -0.864. The molecule has 3 atom stereocenters. The minimum absolute atomic E-state index is 0.284. The lowest BCUT2D eigenvalue weighted by molar-refractivity contribution is -0.139. The van der Waals surface area contributed by atoms with Gasteiger partial charge in [-0.1, -0.05) is 56.7 Å². The molecular weight excluding hydrogens is 1370 g/mol. The van der Waals surface area contributed by atoms with Crippen LogP contribution < -0.4 is 5.19 Å². The molecule has 1 rings (SSSR count). The summed E-state index contributed by atoms with van der Waals surface area (Å²) in [6.45, 7) is 69.1. The molecule has 0 amide bonds. The van der Waals surface area contributed by atoms with E-state index in [-0.39, 0.29) is 27.7 Å². The first kappa shape index (κ1) is 91.9. The van der Waals surface area contributed by atoms with E-state index < -0.39 is 134 Å². The van der Waals surface area contributed by atoms with E-state index in [0.717, 1.165) is 37.4 Å². The zero-order valence-electron chi connectivity index (χ0n) is 60.9. The van der Waals surface area contributed by atoms with Crippen molar-refractivity contribution < 1.29 is 61.5 Å². The fraction of sp³-hybridized carbons (Fsp3) is 0.707. The maximum absolute atomic E-state index is 11.2. The Morgan fingerprint density at radius 3 is 1.08 bits per heavy atom.